The van der Waals surface area contributed by atoms with Crippen molar-refractivity contribution < 1.29 is 22.4 Å². The second-order valence-electron chi connectivity index (χ2n) is 9.75. The molecular weight excluding hydrogens is 549 g/mol. The van der Waals surface area contributed by atoms with E-state index in [1.807, 2.05) is 7.05 Å². The number of aromatic nitrogens is 2. The van der Waals surface area contributed by atoms with Gasteiger partial charge in [0.05, 0.1) is 45.0 Å². The molecule has 3 N–H and O–H groups in total. The van der Waals surface area contributed by atoms with Gasteiger partial charge in [-0.25, -0.2) is 18.2 Å². The number of rotatable bonds is 8. The predicted molar refractivity (Wildman–Crippen MR) is 154 cm³/mol. The SMILES string of the molecule is CNCC(=O)Nc1cccc(C(=O)Nn2ncc3cc(S(=O)(=O)c4cccc(F)c4)ccc32)c1N1CCN(C)CC1. The van der Waals surface area contributed by atoms with Gasteiger partial charge in [0.25, 0.3) is 5.91 Å². The Hall–Kier alpha value is -4.33. The van der Waals surface area contributed by atoms with Crippen molar-refractivity contribution in [2.45, 2.75) is 9.79 Å². The molecule has 2 amide bonds. The van der Waals surface area contributed by atoms with Crippen LogP contribution < -0.4 is 21.0 Å². The molecule has 13 heteroatoms. The highest BCUT2D eigenvalue weighted by Gasteiger charge is 2.25. The number of nitrogens with zero attached hydrogens (tertiary/aromatic N) is 4. The molecule has 1 aliphatic heterocycles. The molecule has 1 saturated heterocycles. The van der Waals surface area contributed by atoms with Gasteiger partial charge in [0.15, 0.2) is 0 Å². The van der Waals surface area contributed by atoms with Gasteiger partial charge in [-0.15, -0.1) is 0 Å². The molecule has 0 unspecified atom stereocenters. The first-order valence-corrected chi connectivity index (χ1v) is 14.5. The first-order chi connectivity index (χ1) is 19.7. The van der Waals surface area contributed by atoms with Crippen LogP contribution in [0.5, 0.6) is 0 Å². The molecule has 2 heterocycles. The number of nitrogens with one attached hydrogen (secondary N) is 3. The molecule has 0 bridgehead atoms. The maximum absolute atomic E-state index is 13.7. The number of anilines is 2. The third-order valence-corrected chi connectivity index (χ3v) is 8.62. The normalized spacial score (nSPS) is 14.3. The summed E-state index contributed by atoms with van der Waals surface area (Å²) in [5.74, 6) is -1.34. The Morgan fingerprint density at radius 1 is 0.976 bits per heavy atom. The molecule has 0 atom stereocenters. The van der Waals surface area contributed by atoms with E-state index in [-0.39, 0.29) is 22.2 Å². The number of carbonyl (C=O) groups excluding carboxylic acids is 2. The number of benzene rings is 3. The number of carbonyl (C=O) groups is 2. The Morgan fingerprint density at radius 2 is 1.71 bits per heavy atom. The van der Waals surface area contributed by atoms with E-state index in [2.05, 4.69) is 31.0 Å². The van der Waals surface area contributed by atoms with E-state index < -0.39 is 21.6 Å². The van der Waals surface area contributed by atoms with Crippen LogP contribution in [0.2, 0.25) is 0 Å². The zero-order valence-electron chi connectivity index (χ0n) is 22.6. The Balaban J connectivity index is 1.45. The van der Waals surface area contributed by atoms with Crippen molar-refractivity contribution in [3.05, 3.63) is 78.2 Å². The van der Waals surface area contributed by atoms with Gasteiger partial charge >= 0.3 is 0 Å². The largest absolute Gasteiger partial charge is 0.367 e. The van der Waals surface area contributed by atoms with Gasteiger partial charge < -0.3 is 20.4 Å². The van der Waals surface area contributed by atoms with Crippen LogP contribution in [-0.2, 0) is 14.6 Å². The summed E-state index contributed by atoms with van der Waals surface area (Å²) in [5, 5.41) is 10.4. The molecule has 41 heavy (non-hydrogen) atoms. The lowest BCUT2D eigenvalue weighted by atomic mass is 10.1. The Kier molecular flexibility index (Phi) is 8.01. The van der Waals surface area contributed by atoms with Gasteiger partial charge in [-0.1, -0.05) is 12.1 Å². The lowest BCUT2D eigenvalue weighted by molar-refractivity contribution is -0.115. The predicted octanol–water partition coefficient (Wildman–Crippen LogP) is 2.30. The summed E-state index contributed by atoms with van der Waals surface area (Å²) < 4.78 is 39.8. The minimum atomic E-state index is -3.96. The molecule has 0 spiro atoms. The number of hydrogen-bond acceptors (Lipinski definition) is 8. The Morgan fingerprint density at radius 3 is 2.44 bits per heavy atom. The van der Waals surface area contributed by atoms with Gasteiger partial charge in [0.1, 0.15) is 5.82 Å². The molecule has 3 aromatic carbocycles. The molecule has 1 aliphatic rings. The van der Waals surface area contributed by atoms with E-state index in [9.17, 15) is 22.4 Å². The van der Waals surface area contributed by atoms with E-state index in [1.165, 1.54) is 47.4 Å². The van der Waals surface area contributed by atoms with Crippen LogP contribution in [0.15, 0.2) is 76.7 Å². The average Bonchev–Trinajstić information content (AvgIpc) is 3.35. The molecule has 214 valence electrons. The molecule has 1 fully saturated rings. The van der Waals surface area contributed by atoms with Crippen molar-refractivity contribution in [3.63, 3.8) is 0 Å². The van der Waals surface area contributed by atoms with Crippen LogP contribution in [0.1, 0.15) is 10.4 Å². The minimum Gasteiger partial charge on any atom is -0.367 e. The average molecular weight is 580 g/mol. The fourth-order valence-electron chi connectivity index (χ4n) is 4.75. The van der Waals surface area contributed by atoms with E-state index in [1.54, 1.807) is 25.2 Å². The second-order valence-corrected chi connectivity index (χ2v) is 11.7. The number of amides is 2. The summed E-state index contributed by atoms with van der Waals surface area (Å²) in [4.78, 5) is 31.4. The summed E-state index contributed by atoms with van der Waals surface area (Å²) in [6, 6.07) is 14.3. The number of piperazine rings is 1. The number of likely N-dealkylation sites (N-methyl/N-ethyl adjacent to an activating group) is 2. The van der Waals surface area contributed by atoms with E-state index in [4.69, 9.17) is 0 Å². The monoisotopic (exact) mass is 579 g/mol. The fourth-order valence-corrected chi connectivity index (χ4v) is 6.07. The molecular formula is C28H30FN7O4S. The molecule has 11 nitrogen and oxygen atoms in total. The van der Waals surface area contributed by atoms with Crippen LogP contribution in [0.25, 0.3) is 10.9 Å². The molecule has 5 rings (SSSR count). The summed E-state index contributed by atoms with van der Waals surface area (Å²) >= 11 is 0. The lowest BCUT2D eigenvalue weighted by Gasteiger charge is -2.36. The van der Waals surface area contributed by atoms with Crippen LogP contribution in [0.4, 0.5) is 15.8 Å². The summed E-state index contributed by atoms with van der Waals surface area (Å²) in [5.41, 5.74) is 4.74. The van der Waals surface area contributed by atoms with E-state index in [0.29, 0.717) is 40.9 Å². The highest BCUT2D eigenvalue weighted by Crippen LogP contribution is 2.32. The number of para-hydroxylation sites is 1. The Labute approximate surface area is 236 Å². The summed E-state index contributed by atoms with van der Waals surface area (Å²) in [7, 11) is -0.252. The van der Waals surface area contributed by atoms with Crippen molar-refractivity contribution in [2.24, 2.45) is 0 Å². The maximum atomic E-state index is 13.7. The van der Waals surface area contributed by atoms with Crippen molar-refractivity contribution in [1.82, 2.24) is 20.1 Å². The standard InChI is InChI=1S/C28H30FN7O4S/c1-30-18-26(37)32-24-8-4-7-23(27(24)35-13-11-34(2)12-14-35)28(38)33-36-25-10-9-22(15-19(25)17-31-36)41(39,40)21-6-3-5-20(29)16-21/h3-10,15-17,30H,11-14,18H2,1-2H3,(H,32,37)(H,33,38). The highest BCUT2D eigenvalue weighted by atomic mass is 32.2. The Bertz CT molecular complexity index is 1720. The van der Waals surface area contributed by atoms with Crippen LogP contribution >= 0.6 is 0 Å². The van der Waals surface area contributed by atoms with Gasteiger partial charge in [0, 0.05) is 31.6 Å². The van der Waals surface area contributed by atoms with Gasteiger partial charge in [-0.05, 0) is 62.6 Å². The van der Waals surface area contributed by atoms with Gasteiger partial charge in [0.2, 0.25) is 15.7 Å². The van der Waals surface area contributed by atoms with Crippen LogP contribution in [-0.4, -0.2) is 81.8 Å². The minimum absolute atomic E-state index is 0.0242. The third-order valence-electron chi connectivity index (χ3n) is 6.88. The zero-order valence-corrected chi connectivity index (χ0v) is 23.4. The summed E-state index contributed by atoms with van der Waals surface area (Å²) in [6.07, 6.45) is 1.44. The molecule has 0 radical (unpaired) electrons. The maximum Gasteiger partial charge on any atom is 0.273 e. The van der Waals surface area contributed by atoms with E-state index >= 15 is 0 Å². The van der Waals surface area contributed by atoms with Gasteiger partial charge in [-0.3, -0.25) is 9.59 Å². The number of sulfone groups is 1. The zero-order chi connectivity index (χ0) is 29.1. The molecule has 4 aromatic rings. The van der Waals surface area contributed by atoms with Crippen LogP contribution in [0.3, 0.4) is 0 Å². The number of halogens is 1. The van der Waals surface area contributed by atoms with Crippen molar-refractivity contribution in [1.29, 1.82) is 0 Å². The van der Waals surface area contributed by atoms with E-state index in [0.717, 1.165) is 19.2 Å². The topological polar surface area (TPSA) is 129 Å². The van der Waals surface area contributed by atoms with Crippen LogP contribution in [0, 0.1) is 5.82 Å². The highest BCUT2D eigenvalue weighted by molar-refractivity contribution is 7.91. The number of fused-ring (bicyclic) bond motifs is 1. The van der Waals surface area contributed by atoms with Gasteiger partial charge in [-0.2, -0.15) is 9.89 Å². The molecule has 0 aliphatic carbocycles. The summed E-state index contributed by atoms with van der Waals surface area (Å²) in [6.45, 7) is 3.05. The molecule has 0 saturated carbocycles. The van der Waals surface area contributed by atoms with Crippen molar-refractivity contribution in [2.75, 3.05) is 62.5 Å². The molecule has 1 aromatic heterocycles. The third kappa shape index (κ3) is 5.92. The smallest absolute Gasteiger partial charge is 0.273 e. The lowest BCUT2D eigenvalue weighted by Crippen LogP contribution is -2.45. The van der Waals surface area contributed by atoms with Crippen molar-refractivity contribution >= 4 is 43.9 Å². The second kappa shape index (κ2) is 11.6. The first kappa shape index (κ1) is 28.2. The van der Waals surface area contributed by atoms with Crippen molar-refractivity contribution in [3.8, 4) is 0 Å². The quantitative estimate of drug-likeness (QED) is 0.290. The fraction of sp³-hybridized carbons (Fsp3) is 0.250. The number of hydrogen-bond donors (Lipinski definition) is 3. The first-order valence-electron chi connectivity index (χ1n) is 13.0.